The average Bonchev–Trinajstić information content (AvgIpc) is 3.33. The van der Waals surface area contributed by atoms with E-state index in [4.69, 9.17) is 4.74 Å². The van der Waals surface area contributed by atoms with Crippen molar-refractivity contribution >= 4 is 23.5 Å². The first-order chi connectivity index (χ1) is 20.0. The highest BCUT2D eigenvalue weighted by atomic mass is 16.5. The van der Waals surface area contributed by atoms with Gasteiger partial charge in [-0.3, -0.25) is 29.4 Å². The number of ketones is 1. The van der Waals surface area contributed by atoms with Gasteiger partial charge >= 0.3 is 0 Å². The number of rotatable bonds is 8. The van der Waals surface area contributed by atoms with Crippen molar-refractivity contribution in [3.8, 4) is 5.75 Å². The van der Waals surface area contributed by atoms with E-state index in [1.807, 2.05) is 6.07 Å². The van der Waals surface area contributed by atoms with E-state index in [1.54, 1.807) is 12.1 Å². The molecule has 3 heterocycles. The molecule has 2 atom stereocenters. The fourth-order valence-electron chi connectivity index (χ4n) is 6.70. The van der Waals surface area contributed by atoms with Crippen molar-refractivity contribution in [3.63, 3.8) is 0 Å². The summed E-state index contributed by atoms with van der Waals surface area (Å²) in [6.45, 7) is 3.86. The first-order valence-electron chi connectivity index (χ1n) is 14.9. The van der Waals surface area contributed by atoms with Gasteiger partial charge in [0, 0.05) is 49.6 Å². The van der Waals surface area contributed by atoms with Crippen molar-refractivity contribution in [2.45, 2.75) is 76.7 Å². The van der Waals surface area contributed by atoms with Crippen molar-refractivity contribution in [2.75, 3.05) is 19.6 Å². The predicted molar refractivity (Wildman–Crippen MR) is 152 cm³/mol. The minimum atomic E-state index is -0.652. The molecular weight excluding hydrogens is 520 g/mol. The summed E-state index contributed by atoms with van der Waals surface area (Å²) in [7, 11) is 0. The smallest absolute Gasteiger partial charge is 0.255 e. The molecule has 2 saturated heterocycles. The van der Waals surface area contributed by atoms with Gasteiger partial charge in [0.2, 0.25) is 11.8 Å². The Morgan fingerprint density at radius 1 is 0.951 bits per heavy atom. The minimum absolute atomic E-state index is 0.0579. The Morgan fingerprint density at radius 2 is 1.73 bits per heavy atom. The van der Waals surface area contributed by atoms with Crippen LogP contribution in [0.3, 0.4) is 0 Å². The molecule has 3 fully saturated rings. The number of ether oxygens (including phenoxy) is 1. The van der Waals surface area contributed by atoms with Gasteiger partial charge in [-0.05, 0) is 42.5 Å². The first kappa shape index (κ1) is 27.6. The van der Waals surface area contributed by atoms with E-state index in [2.05, 4.69) is 39.8 Å². The molecule has 9 heteroatoms. The van der Waals surface area contributed by atoms with E-state index in [1.165, 1.54) is 29.7 Å². The van der Waals surface area contributed by atoms with Gasteiger partial charge in [0.1, 0.15) is 18.4 Å². The number of hydrogen-bond acceptors (Lipinski definition) is 7. The third-order valence-electron chi connectivity index (χ3n) is 9.03. The fraction of sp³-hybridized carbons (Fsp3) is 0.500. The Labute approximate surface area is 240 Å². The minimum Gasteiger partial charge on any atom is -0.489 e. The molecule has 41 heavy (non-hydrogen) atoms. The maximum Gasteiger partial charge on any atom is 0.255 e. The van der Waals surface area contributed by atoms with Crippen LogP contribution in [0.15, 0.2) is 42.5 Å². The zero-order valence-corrected chi connectivity index (χ0v) is 23.4. The molecule has 2 N–H and O–H groups in total. The molecule has 216 valence electrons. The van der Waals surface area contributed by atoms with Crippen LogP contribution < -0.4 is 15.4 Å². The second kappa shape index (κ2) is 12.1. The lowest BCUT2D eigenvalue weighted by Gasteiger charge is -2.37. The summed E-state index contributed by atoms with van der Waals surface area (Å²) in [5, 5.41) is 5.76. The lowest BCUT2D eigenvalue weighted by Crippen LogP contribution is -2.55. The summed E-state index contributed by atoms with van der Waals surface area (Å²) < 4.78 is 6.17. The highest BCUT2D eigenvalue weighted by Crippen LogP contribution is 2.34. The number of imide groups is 1. The van der Waals surface area contributed by atoms with Gasteiger partial charge in [0.05, 0.1) is 12.6 Å². The standard InChI is InChI=1S/C32H38N4O5/c37-29-14-13-26(31(39)34-29)36-19-25-24(32(36)40)7-4-8-28(25)41-20-22-11-9-21(10-12-22)18-35-16-15-33-17-27(35)30(38)23-5-2-1-3-6-23/h4,7-12,23,26-27,33H,1-3,5-6,13-20H2,(H,34,37,39). The van der Waals surface area contributed by atoms with E-state index in [9.17, 15) is 19.2 Å². The van der Waals surface area contributed by atoms with Crippen LogP contribution in [0.4, 0.5) is 0 Å². The van der Waals surface area contributed by atoms with E-state index in [0.29, 0.717) is 30.1 Å². The Bertz CT molecular complexity index is 1320. The van der Waals surface area contributed by atoms with Crippen LogP contribution in [0.2, 0.25) is 0 Å². The Kier molecular flexibility index (Phi) is 8.16. The molecule has 2 unspecified atom stereocenters. The number of nitrogens with one attached hydrogen (secondary N) is 2. The molecule has 2 aromatic rings. The van der Waals surface area contributed by atoms with Gasteiger partial charge in [-0.15, -0.1) is 0 Å². The zero-order valence-electron chi connectivity index (χ0n) is 23.4. The third kappa shape index (κ3) is 5.92. The molecule has 0 bridgehead atoms. The summed E-state index contributed by atoms with van der Waals surface area (Å²) in [5.41, 5.74) is 3.48. The van der Waals surface area contributed by atoms with E-state index in [0.717, 1.165) is 50.1 Å². The normalized spacial score (nSPS) is 23.8. The van der Waals surface area contributed by atoms with Crippen molar-refractivity contribution in [2.24, 2.45) is 5.92 Å². The maximum atomic E-state index is 13.3. The van der Waals surface area contributed by atoms with Gasteiger partial charge in [0.25, 0.3) is 5.91 Å². The number of Topliss-reactive ketones (excluding diaryl/α,β-unsaturated/α-hetero) is 1. The van der Waals surface area contributed by atoms with Gasteiger partial charge in [-0.1, -0.05) is 49.6 Å². The monoisotopic (exact) mass is 558 g/mol. The van der Waals surface area contributed by atoms with Crippen LogP contribution in [0.1, 0.15) is 72.0 Å². The van der Waals surface area contributed by atoms with Crippen LogP contribution in [-0.4, -0.2) is 65.0 Å². The SMILES string of the molecule is O=C1CCC(N2Cc3c(OCc4ccc(CN5CCNCC5C(=O)C5CCCCC5)cc4)cccc3C2=O)C(=O)N1. The van der Waals surface area contributed by atoms with E-state index >= 15 is 0 Å². The summed E-state index contributed by atoms with van der Waals surface area (Å²) in [4.78, 5) is 54.2. The quantitative estimate of drug-likeness (QED) is 0.480. The predicted octanol–water partition coefficient (Wildman–Crippen LogP) is 2.95. The summed E-state index contributed by atoms with van der Waals surface area (Å²) in [6.07, 6.45) is 6.20. The Balaban J connectivity index is 1.07. The number of hydrogen-bond donors (Lipinski definition) is 2. The van der Waals surface area contributed by atoms with Gasteiger partial charge in [-0.2, -0.15) is 0 Å². The maximum absolute atomic E-state index is 13.3. The summed E-state index contributed by atoms with van der Waals surface area (Å²) >= 11 is 0. The number of carbonyl (C=O) groups is 4. The molecular formula is C32H38N4O5. The molecule has 4 aliphatic rings. The molecule has 0 spiro atoms. The second-order valence-corrected chi connectivity index (χ2v) is 11.7. The summed E-state index contributed by atoms with van der Waals surface area (Å²) in [6, 6.07) is 13.0. The zero-order chi connectivity index (χ0) is 28.3. The second-order valence-electron chi connectivity index (χ2n) is 11.7. The van der Waals surface area contributed by atoms with Crippen LogP contribution in [0, 0.1) is 5.92 Å². The molecule has 3 aliphatic heterocycles. The van der Waals surface area contributed by atoms with E-state index < -0.39 is 11.9 Å². The number of carbonyl (C=O) groups excluding carboxylic acids is 4. The number of nitrogens with zero attached hydrogens (tertiary/aromatic N) is 2. The average molecular weight is 559 g/mol. The number of amides is 3. The van der Waals surface area contributed by atoms with Crippen molar-refractivity contribution < 1.29 is 23.9 Å². The van der Waals surface area contributed by atoms with Crippen molar-refractivity contribution in [1.29, 1.82) is 0 Å². The lowest BCUT2D eigenvalue weighted by molar-refractivity contribution is -0.137. The molecule has 1 saturated carbocycles. The number of fused-ring (bicyclic) bond motifs is 1. The van der Waals surface area contributed by atoms with Gasteiger partial charge in [-0.25, -0.2) is 0 Å². The Hall–Kier alpha value is -3.56. The van der Waals surface area contributed by atoms with Crippen molar-refractivity contribution in [3.05, 3.63) is 64.7 Å². The highest BCUT2D eigenvalue weighted by molar-refractivity contribution is 6.05. The summed E-state index contributed by atoms with van der Waals surface area (Å²) in [5.74, 6) is 0.312. The molecule has 6 rings (SSSR count). The van der Waals surface area contributed by atoms with Gasteiger partial charge < -0.3 is 15.0 Å². The molecule has 0 radical (unpaired) electrons. The first-order valence-corrected chi connectivity index (χ1v) is 14.9. The van der Waals surface area contributed by atoms with E-state index in [-0.39, 0.29) is 36.7 Å². The molecule has 1 aliphatic carbocycles. The number of piperidine rings is 1. The topological polar surface area (TPSA) is 108 Å². The Morgan fingerprint density at radius 3 is 2.51 bits per heavy atom. The molecule has 9 nitrogen and oxygen atoms in total. The highest BCUT2D eigenvalue weighted by Gasteiger charge is 2.40. The van der Waals surface area contributed by atoms with Crippen LogP contribution in [0.25, 0.3) is 0 Å². The number of benzene rings is 2. The van der Waals surface area contributed by atoms with Crippen LogP contribution in [0.5, 0.6) is 5.75 Å². The molecule has 2 aromatic carbocycles. The van der Waals surface area contributed by atoms with Crippen molar-refractivity contribution in [1.82, 2.24) is 20.4 Å². The molecule has 3 amide bonds. The molecule has 0 aromatic heterocycles. The van der Waals surface area contributed by atoms with Crippen LogP contribution in [-0.2, 0) is 34.1 Å². The third-order valence-corrected chi connectivity index (χ3v) is 9.03. The van der Waals surface area contributed by atoms with Gasteiger partial charge in [0.15, 0.2) is 5.78 Å². The van der Waals surface area contributed by atoms with Crippen LogP contribution >= 0.6 is 0 Å². The largest absolute Gasteiger partial charge is 0.489 e. The lowest BCUT2D eigenvalue weighted by atomic mass is 9.83. The fourth-order valence-corrected chi connectivity index (χ4v) is 6.70. The number of piperazine rings is 1.